The summed E-state index contributed by atoms with van der Waals surface area (Å²) in [6, 6.07) is 5.39. The fourth-order valence-corrected chi connectivity index (χ4v) is 2.21. The Morgan fingerprint density at radius 1 is 1.20 bits per heavy atom. The van der Waals surface area contributed by atoms with Crippen LogP contribution in [0.3, 0.4) is 0 Å². The van der Waals surface area contributed by atoms with Crippen molar-refractivity contribution < 1.29 is 14.5 Å². The molecule has 7 nitrogen and oxygen atoms in total. The molecule has 0 unspecified atom stereocenters. The van der Waals surface area contributed by atoms with Crippen LogP contribution in [-0.4, -0.2) is 39.3 Å². The fraction of sp³-hybridized carbons (Fsp3) is 0.385. The standard InChI is InChI=1S/C13H14N4O3/c14-15-12(13(18)16-8-2-1-3-9-16)10-4-6-11(7-5-10)17(19)20/h4-7H,1-3,8-9H2. The number of benzene rings is 1. The summed E-state index contributed by atoms with van der Waals surface area (Å²) in [6.45, 7) is 1.29. The van der Waals surface area contributed by atoms with Gasteiger partial charge in [0.15, 0.2) is 0 Å². The van der Waals surface area contributed by atoms with Crippen molar-refractivity contribution in [2.75, 3.05) is 13.1 Å². The van der Waals surface area contributed by atoms with Gasteiger partial charge >= 0.3 is 11.6 Å². The summed E-state index contributed by atoms with van der Waals surface area (Å²) in [7, 11) is 0. The van der Waals surface area contributed by atoms with Crippen molar-refractivity contribution in [1.82, 2.24) is 4.90 Å². The number of rotatable bonds is 3. The van der Waals surface area contributed by atoms with Crippen molar-refractivity contribution in [3.63, 3.8) is 0 Å². The average molecular weight is 274 g/mol. The van der Waals surface area contributed by atoms with Gasteiger partial charge in [-0.1, -0.05) is 0 Å². The third-order valence-electron chi connectivity index (χ3n) is 3.30. The molecule has 1 fully saturated rings. The van der Waals surface area contributed by atoms with Gasteiger partial charge in [0.05, 0.1) is 10.5 Å². The third kappa shape index (κ3) is 2.89. The van der Waals surface area contributed by atoms with Crippen molar-refractivity contribution in [1.29, 1.82) is 0 Å². The molecule has 1 aromatic rings. The molecule has 0 radical (unpaired) electrons. The number of non-ortho nitro benzene ring substituents is 1. The predicted octanol–water partition coefficient (Wildman–Crippen LogP) is 1.63. The Kier molecular flexibility index (Phi) is 4.22. The second-order valence-electron chi connectivity index (χ2n) is 4.61. The van der Waals surface area contributed by atoms with E-state index in [2.05, 4.69) is 4.79 Å². The molecule has 0 atom stereocenters. The van der Waals surface area contributed by atoms with Gasteiger partial charge in [0.2, 0.25) is 0 Å². The zero-order valence-corrected chi connectivity index (χ0v) is 10.9. The maximum atomic E-state index is 12.2. The van der Waals surface area contributed by atoms with E-state index in [-0.39, 0.29) is 17.3 Å². The Hall–Kier alpha value is -2.53. The molecule has 0 spiro atoms. The van der Waals surface area contributed by atoms with Crippen LogP contribution in [0.4, 0.5) is 5.69 Å². The van der Waals surface area contributed by atoms with Gasteiger partial charge < -0.3 is 10.4 Å². The molecule has 2 rings (SSSR count). The molecule has 1 aliphatic rings. The maximum Gasteiger partial charge on any atom is 0.386 e. The molecule has 0 saturated carbocycles. The number of hydrogen-bond acceptors (Lipinski definition) is 3. The zero-order valence-electron chi connectivity index (χ0n) is 10.9. The molecule has 1 amide bonds. The second-order valence-corrected chi connectivity index (χ2v) is 4.61. The summed E-state index contributed by atoms with van der Waals surface area (Å²) < 4.78 is 0. The minimum Gasteiger partial charge on any atom is -0.361 e. The molecule has 1 aliphatic heterocycles. The number of hydrogen-bond donors (Lipinski definition) is 0. The molecule has 7 heteroatoms. The topological polar surface area (TPSA) is 99.9 Å². The van der Waals surface area contributed by atoms with Gasteiger partial charge in [0, 0.05) is 25.2 Å². The number of carbonyl (C=O) groups excluding carboxylic acids is 1. The molecule has 1 aromatic carbocycles. The van der Waals surface area contributed by atoms with E-state index in [1.807, 2.05) is 0 Å². The number of nitro benzene ring substituents is 1. The molecule has 0 N–H and O–H groups in total. The molecule has 0 bridgehead atoms. The largest absolute Gasteiger partial charge is 0.386 e. The smallest absolute Gasteiger partial charge is 0.361 e. The van der Waals surface area contributed by atoms with Crippen LogP contribution >= 0.6 is 0 Å². The van der Waals surface area contributed by atoms with E-state index in [1.54, 1.807) is 4.90 Å². The lowest BCUT2D eigenvalue weighted by atomic mass is 10.1. The Balaban J connectivity index is 2.21. The minimum absolute atomic E-state index is 0.0727. The number of amides is 1. The second kappa shape index (κ2) is 6.08. The first kappa shape index (κ1) is 13.9. The van der Waals surface area contributed by atoms with Crippen molar-refractivity contribution in [3.05, 3.63) is 45.5 Å². The monoisotopic (exact) mass is 274 g/mol. The first-order chi connectivity index (χ1) is 9.63. The molecular formula is C13H14N4O3. The van der Waals surface area contributed by atoms with E-state index >= 15 is 0 Å². The normalized spacial score (nSPS) is 14.5. The summed E-state index contributed by atoms with van der Waals surface area (Å²) >= 11 is 0. The molecule has 0 aliphatic carbocycles. The Morgan fingerprint density at radius 2 is 1.80 bits per heavy atom. The summed E-state index contributed by atoms with van der Waals surface area (Å²) in [5, 5.41) is 10.6. The van der Waals surface area contributed by atoms with Crippen LogP contribution < -0.4 is 0 Å². The number of nitrogens with zero attached hydrogens (tertiary/aromatic N) is 4. The maximum absolute atomic E-state index is 12.2. The summed E-state index contributed by atoms with van der Waals surface area (Å²) in [4.78, 5) is 27.0. The highest BCUT2D eigenvalue weighted by molar-refractivity contribution is 6.42. The molecule has 20 heavy (non-hydrogen) atoms. The highest BCUT2D eigenvalue weighted by Gasteiger charge is 2.29. The van der Waals surface area contributed by atoms with E-state index < -0.39 is 4.92 Å². The van der Waals surface area contributed by atoms with Crippen LogP contribution in [0.2, 0.25) is 0 Å². The van der Waals surface area contributed by atoms with Gasteiger partial charge in [-0.05, 0) is 31.4 Å². The number of nitro groups is 1. The highest BCUT2D eigenvalue weighted by atomic mass is 16.6. The van der Waals surface area contributed by atoms with E-state index in [4.69, 9.17) is 5.53 Å². The van der Waals surface area contributed by atoms with Crippen molar-refractivity contribution in [2.24, 2.45) is 0 Å². The van der Waals surface area contributed by atoms with E-state index in [1.165, 1.54) is 24.3 Å². The predicted molar refractivity (Wildman–Crippen MR) is 71.3 cm³/mol. The first-order valence-electron chi connectivity index (χ1n) is 6.39. The Bertz CT molecular complexity index is 570. The van der Waals surface area contributed by atoms with Crippen LogP contribution in [0.25, 0.3) is 5.53 Å². The highest BCUT2D eigenvalue weighted by Crippen LogP contribution is 2.14. The lowest BCUT2D eigenvalue weighted by Gasteiger charge is -2.24. The molecule has 1 saturated heterocycles. The van der Waals surface area contributed by atoms with Gasteiger partial charge in [-0.3, -0.25) is 14.9 Å². The molecule has 104 valence electrons. The van der Waals surface area contributed by atoms with Gasteiger partial charge in [-0.2, -0.15) is 4.79 Å². The number of piperidine rings is 1. The molecular weight excluding hydrogens is 260 g/mol. The van der Waals surface area contributed by atoms with Gasteiger partial charge in [-0.25, -0.2) is 0 Å². The van der Waals surface area contributed by atoms with Crippen molar-refractivity contribution in [2.45, 2.75) is 19.3 Å². The van der Waals surface area contributed by atoms with E-state index in [0.717, 1.165) is 19.3 Å². The summed E-state index contributed by atoms with van der Waals surface area (Å²) in [5.74, 6) is -0.346. The SMILES string of the molecule is [N-]=[N+]=C(C(=O)N1CCCCC1)c1ccc([N+](=O)[O-])cc1. The van der Waals surface area contributed by atoms with Gasteiger partial charge in [0.25, 0.3) is 5.69 Å². The quantitative estimate of drug-likeness (QED) is 0.275. The summed E-state index contributed by atoms with van der Waals surface area (Å²) in [5.41, 5.74) is 9.28. The van der Waals surface area contributed by atoms with Crippen molar-refractivity contribution in [3.8, 4) is 0 Å². The van der Waals surface area contributed by atoms with Crippen LogP contribution in [0.15, 0.2) is 24.3 Å². The van der Waals surface area contributed by atoms with Gasteiger partial charge in [-0.15, -0.1) is 0 Å². The van der Waals surface area contributed by atoms with Crippen LogP contribution in [0.5, 0.6) is 0 Å². The lowest BCUT2D eigenvalue weighted by molar-refractivity contribution is -0.384. The lowest BCUT2D eigenvalue weighted by Crippen LogP contribution is -2.40. The number of likely N-dealkylation sites (tertiary alicyclic amines) is 1. The number of carbonyl (C=O) groups is 1. The van der Waals surface area contributed by atoms with E-state index in [9.17, 15) is 14.9 Å². The fourth-order valence-electron chi connectivity index (χ4n) is 2.21. The Morgan fingerprint density at radius 3 is 2.30 bits per heavy atom. The molecule has 1 heterocycles. The average Bonchev–Trinajstić information content (AvgIpc) is 2.49. The third-order valence-corrected chi connectivity index (χ3v) is 3.30. The first-order valence-corrected chi connectivity index (χ1v) is 6.39. The Labute approximate surface area is 115 Å². The summed E-state index contributed by atoms with van der Waals surface area (Å²) in [6.07, 6.45) is 2.96. The van der Waals surface area contributed by atoms with Gasteiger partial charge in [0.1, 0.15) is 0 Å². The van der Waals surface area contributed by atoms with Crippen LogP contribution in [0, 0.1) is 10.1 Å². The zero-order chi connectivity index (χ0) is 14.5. The molecule has 0 aromatic heterocycles. The van der Waals surface area contributed by atoms with Crippen LogP contribution in [0.1, 0.15) is 24.8 Å². The van der Waals surface area contributed by atoms with Crippen LogP contribution in [-0.2, 0) is 4.79 Å². The van der Waals surface area contributed by atoms with Crippen molar-refractivity contribution >= 4 is 17.3 Å². The van der Waals surface area contributed by atoms with E-state index in [0.29, 0.717) is 18.7 Å². The minimum atomic E-state index is -0.522.